The van der Waals surface area contributed by atoms with Gasteiger partial charge in [-0.25, -0.2) is 17.2 Å². The highest BCUT2D eigenvalue weighted by atomic mass is 35.5. The van der Waals surface area contributed by atoms with Gasteiger partial charge in [0, 0.05) is 32.0 Å². The summed E-state index contributed by atoms with van der Waals surface area (Å²) in [6.45, 7) is 1.15. The van der Waals surface area contributed by atoms with E-state index in [0.29, 0.717) is 19.2 Å². The smallest absolute Gasteiger partial charge is 0.243 e. The number of nitrogens with one attached hydrogen (secondary N) is 1. The summed E-state index contributed by atoms with van der Waals surface area (Å²) in [6, 6.07) is 5.69. The van der Waals surface area contributed by atoms with Crippen LogP contribution in [0.25, 0.3) is 0 Å². The first-order valence-corrected chi connectivity index (χ1v) is 8.51. The first kappa shape index (κ1) is 18.7. The SMILES string of the molecule is Cl.O=S(=O)(c1ccc(F)c(F)c1)N1CCNCC1c1cccnc1. The summed E-state index contributed by atoms with van der Waals surface area (Å²) in [5.41, 5.74) is 0.742. The van der Waals surface area contributed by atoms with Gasteiger partial charge in [0.15, 0.2) is 11.6 Å². The Morgan fingerprint density at radius 1 is 1.21 bits per heavy atom. The normalized spacial score (nSPS) is 18.8. The number of sulfonamides is 1. The predicted molar refractivity (Wildman–Crippen MR) is 87.3 cm³/mol. The molecule has 1 aromatic heterocycles. The molecule has 9 heteroatoms. The van der Waals surface area contributed by atoms with E-state index in [2.05, 4.69) is 10.3 Å². The summed E-state index contributed by atoms with van der Waals surface area (Å²) >= 11 is 0. The zero-order valence-corrected chi connectivity index (χ0v) is 14.2. The second kappa shape index (κ2) is 7.52. The second-order valence-corrected chi connectivity index (χ2v) is 7.09. The minimum absolute atomic E-state index is 0. The molecule has 24 heavy (non-hydrogen) atoms. The largest absolute Gasteiger partial charge is 0.313 e. The van der Waals surface area contributed by atoms with E-state index in [-0.39, 0.29) is 23.8 Å². The van der Waals surface area contributed by atoms with Gasteiger partial charge in [0.25, 0.3) is 0 Å². The highest BCUT2D eigenvalue weighted by Crippen LogP contribution is 2.29. The molecule has 1 aromatic carbocycles. The number of rotatable bonds is 3. The molecule has 0 spiro atoms. The van der Waals surface area contributed by atoms with Crippen LogP contribution in [0.5, 0.6) is 0 Å². The van der Waals surface area contributed by atoms with E-state index in [1.807, 2.05) is 0 Å². The standard InChI is InChI=1S/C15H15F2N3O2S.ClH/c16-13-4-3-12(8-14(13)17)23(21,22)20-7-6-19-10-15(20)11-2-1-5-18-9-11;/h1-5,8-9,15,19H,6-7,10H2;1H. The number of nitrogens with zero attached hydrogens (tertiary/aromatic N) is 2. The summed E-state index contributed by atoms with van der Waals surface area (Å²) in [4.78, 5) is 3.76. The molecule has 5 nitrogen and oxygen atoms in total. The number of hydrogen-bond donors (Lipinski definition) is 1. The number of hydrogen-bond acceptors (Lipinski definition) is 4. The molecule has 1 N–H and O–H groups in total. The first-order chi connectivity index (χ1) is 11.0. The summed E-state index contributed by atoms with van der Waals surface area (Å²) in [7, 11) is -3.94. The van der Waals surface area contributed by atoms with Gasteiger partial charge < -0.3 is 5.32 Å². The van der Waals surface area contributed by atoms with E-state index in [0.717, 1.165) is 17.7 Å². The van der Waals surface area contributed by atoms with Crippen LogP contribution in [0.1, 0.15) is 11.6 Å². The predicted octanol–water partition coefficient (Wildman–Crippen LogP) is 2.12. The van der Waals surface area contributed by atoms with Crippen LogP contribution in [0, 0.1) is 11.6 Å². The average molecular weight is 376 g/mol. The fourth-order valence-corrected chi connectivity index (χ4v) is 4.23. The second-order valence-electron chi connectivity index (χ2n) is 5.20. The molecule has 0 radical (unpaired) electrons. The van der Waals surface area contributed by atoms with Crippen molar-refractivity contribution in [1.29, 1.82) is 0 Å². The molecule has 1 saturated heterocycles. The lowest BCUT2D eigenvalue weighted by molar-refractivity contribution is 0.271. The van der Waals surface area contributed by atoms with E-state index in [9.17, 15) is 17.2 Å². The van der Waals surface area contributed by atoms with E-state index >= 15 is 0 Å². The molecule has 1 atom stereocenters. The van der Waals surface area contributed by atoms with E-state index in [1.54, 1.807) is 24.5 Å². The quantitative estimate of drug-likeness (QED) is 0.892. The molecule has 2 aromatic rings. The molecule has 3 rings (SSSR count). The molecule has 2 heterocycles. The topological polar surface area (TPSA) is 62.3 Å². The molecule has 1 unspecified atom stereocenters. The van der Waals surface area contributed by atoms with Crippen molar-refractivity contribution in [2.24, 2.45) is 0 Å². The molecular weight excluding hydrogens is 360 g/mol. The fraction of sp³-hybridized carbons (Fsp3) is 0.267. The third-order valence-electron chi connectivity index (χ3n) is 3.76. The van der Waals surface area contributed by atoms with Gasteiger partial charge in [-0.1, -0.05) is 6.07 Å². The number of pyridine rings is 1. The van der Waals surface area contributed by atoms with Crippen molar-refractivity contribution < 1.29 is 17.2 Å². The molecule has 1 aliphatic heterocycles. The number of aromatic nitrogens is 1. The maximum Gasteiger partial charge on any atom is 0.243 e. The molecule has 1 fully saturated rings. The Morgan fingerprint density at radius 3 is 2.67 bits per heavy atom. The van der Waals surface area contributed by atoms with Gasteiger partial charge in [-0.05, 0) is 29.8 Å². The number of halogens is 3. The van der Waals surface area contributed by atoms with Crippen molar-refractivity contribution in [1.82, 2.24) is 14.6 Å². The Kier molecular flexibility index (Phi) is 5.87. The van der Waals surface area contributed by atoms with Gasteiger partial charge in [-0.15, -0.1) is 12.4 Å². The maximum atomic E-state index is 13.4. The van der Waals surface area contributed by atoms with Gasteiger partial charge in [0.1, 0.15) is 0 Å². The van der Waals surface area contributed by atoms with E-state index < -0.39 is 27.7 Å². The highest BCUT2D eigenvalue weighted by Gasteiger charge is 2.34. The lowest BCUT2D eigenvalue weighted by Crippen LogP contribution is -2.48. The molecule has 0 bridgehead atoms. The van der Waals surface area contributed by atoms with Crippen LogP contribution >= 0.6 is 12.4 Å². The first-order valence-electron chi connectivity index (χ1n) is 7.07. The number of piperazine rings is 1. The van der Waals surface area contributed by atoms with Crippen molar-refractivity contribution in [2.75, 3.05) is 19.6 Å². The number of benzene rings is 1. The molecule has 0 saturated carbocycles. The summed E-state index contributed by atoms with van der Waals surface area (Å²) in [5, 5.41) is 3.14. The van der Waals surface area contributed by atoms with Gasteiger partial charge in [-0.2, -0.15) is 4.31 Å². The third-order valence-corrected chi connectivity index (χ3v) is 5.67. The minimum atomic E-state index is -3.94. The fourth-order valence-electron chi connectivity index (χ4n) is 2.60. The third kappa shape index (κ3) is 3.56. The molecule has 1 aliphatic rings. The Balaban J connectivity index is 0.00000208. The van der Waals surface area contributed by atoms with Gasteiger partial charge in [0.2, 0.25) is 10.0 Å². The van der Waals surface area contributed by atoms with Crippen LogP contribution in [0.2, 0.25) is 0 Å². The summed E-state index contributed by atoms with van der Waals surface area (Å²) in [5.74, 6) is -2.26. The summed E-state index contributed by atoms with van der Waals surface area (Å²) in [6.07, 6.45) is 3.21. The van der Waals surface area contributed by atoms with E-state index in [1.165, 1.54) is 4.31 Å². The van der Waals surface area contributed by atoms with Crippen LogP contribution in [0.15, 0.2) is 47.6 Å². The molecule has 0 amide bonds. The zero-order valence-electron chi connectivity index (χ0n) is 12.5. The molecule has 130 valence electrons. The van der Waals surface area contributed by atoms with Gasteiger partial charge in [-0.3, -0.25) is 4.98 Å². The monoisotopic (exact) mass is 375 g/mol. The lowest BCUT2D eigenvalue weighted by atomic mass is 10.1. The summed E-state index contributed by atoms with van der Waals surface area (Å²) < 4.78 is 53.4. The van der Waals surface area contributed by atoms with Crippen LogP contribution in [-0.2, 0) is 10.0 Å². The van der Waals surface area contributed by atoms with Crippen LogP contribution in [0.3, 0.4) is 0 Å². The Hall–Kier alpha value is -1.61. The zero-order chi connectivity index (χ0) is 16.4. The van der Waals surface area contributed by atoms with Crippen molar-refractivity contribution in [2.45, 2.75) is 10.9 Å². The average Bonchev–Trinajstić information content (AvgIpc) is 2.58. The highest BCUT2D eigenvalue weighted by molar-refractivity contribution is 7.89. The molecule has 0 aliphatic carbocycles. The van der Waals surface area contributed by atoms with Crippen molar-refractivity contribution in [3.8, 4) is 0 Å². The maximum absolute atomic E-state index is 13.4. The Morgan fingerprint density at radius 2 is 2.00 bits per heavy atom. The van der Waals surface area contributed by atoms with Gasteiger partial charge in [0.05, 0.1) is 10.9 Å². The van der Waals surface area contributed by atoms with Gasteiger partial charge >= 0.3 is 0 Å². The van der Waals surface area contributed by atoms with Crippen molar-refractivity contribution >= 4 is 22.4 Å². The Labute approximate surface area is 145 Å². The molecular formula is C15H16ClF2N3O2S. The minimum Gasteiger partial charge on any atom is -0.313 e. The van der Waals surface area contributed by atoms with Crippen molar-refractivity contribution in [3.63, 3.8) is 0 Å². The lowest BCUT2D eigenvalue weighted by Gasteiger charge is -2.35. The van der Waals surface area contributed by atoms with Crippen LogP contribution in [-0.4, -0.2) is 37.3 Å². The van der Waals surface area contributed by atoms with E-state index in [4.69, 9.17) is 0 Å². The van der Waals surface area contributed by atoms with Crippen molar-refractivity contribution in [3.05, 3.63) is 59.9 Å². The van der Waals surface area contributed by atoms with Crippen LogP contribution in [0.4, 0.5) is 8.78 Å². The Bertz CT molecular complexity index is 806. The van der Waals surface area contributed by atoms with Crippen LogP contribution < -0.4 is 5.32 Å².